The smallest absolute Gasteiger partial charge is 0.325 e. The molecule has 2 rings (SSSR count). The summed E-state index contributed by atoms with van der Waals surface area (Å²) in [6.07, 6.45) is 7.28. The molecule has 0 aromatic heterocycles. The van der Waals surface area contributed by atoms with Crippen molar-refractivity contribution in [2.75, 3.05) is 20.7 Å². The number of hydrogen-bond donors (Lipinski definition) is 1. The van der Waals surface area contributed by atoms with Crippen molar-refractivity contribution in [3.63, 3.8) is 0 Å². The Kier molecular flexibility index (Phi) is 5.08. The van der Waals surface area contributed by atoms with Crippen LogP contribution in [0.5, 0.6) is 0 Å². The van der Waals surface area contributed by atoms with Crippen molar-refractivity contribution < 1.29 is 9.53 Å². The molecule has 4 heteroatoms. The van der Waals surface area contributed by atoms with Crippen molar-refractivity contribution in [2.24, 2.45) is 5.92 Å². The van der Waals surface area contributed by atoms with E-state index in [0.717, 1.165) is 18.9 Å². The van der Waals surface area contributed by atoms with E-state index in [0.29, 0.717) is 12.1 Å². The Hall–Kier alpha value is -0.610. The molecule has 1 N–H and O–H groups in total. The second kappa shape index (κ2) is 6.44. The summed E-state index contributed by atoms with van der Waals surface area (Å²) in [7, 11) is 3.66. The third kappa shape index (κ3) is 3.95. The first-order valence-corrected chi connectivity index (χ1v) is 8.01. The number of ether oxygens (including phenoxy) is 1. The van der Waals surface area contributed by atoms with Gasteiger partial charge in [-0.3, -0.25) is 10.1 Å². The first-order valence-electron chi connectivity index (χ1n) is 8.01. The van der Waals surface area contributed by atoms with Gasteiger partial charge in [-0.2, -0.15) is 0 Å². The Balaban J connectivity index is 1.89. The molecule has 0 amide bonds. The zero-order chi connectivity index (χ0) is 14.8. The standard InChI is InChI=1S/C16H30N2O2/c1-12(18(3)11-13-6-5-7-13)10-16(2,15(19)20-4)17-14-8-9-14/h12-14,17H,5-11H2,1-4H3. The van der Waals surface area contributed by atoms with Crippen LogP contribution in [0.3, 0.4) is 0 Å². The minimum atomic E-state index is -0.552. The maximum absolute atomic E-state index is 12.1. The van der Waals surface area contributed by atoms with Crippen molar-refractivity contribution in [2.45, 2.75) is 70.0 Å². The predicted molar refractivity (Wildman–Crippen MR) is 80.6 cm³/mol. The molecule has 0 bridgehead atoms. The van der Waals surface area contributed by atoms with Crippen molar-refractivity contribution in [3.8, 4) is 0 Å². The van der Waals surface area contributed by atoms with Gasteiger partial charge in [0.2, 0.25) is 0 Å². The number of nitrogens with zero attached hydrogens (tertiary/aromatic N) is 1. The van der Waals surface area contributed by atoms with Gasteiger partial charge in [0.05, 0.1) is 7.11 Å². The molecule has 2 saturated carbocycles. The zero-order valence-electron chi connectivity index (χ0n) is 13.4. The summed E-state index contributed by atoms with van der Waals surface area (Å²) in [5, 5.41) is 3.48. The number of hydrogen-bond acceptors (Lipinski definition) is 4. The van der Waals surface area contributed by atoms with Crippen molar-refractivity contribution in [1.29, 1.82) is 0 Å². The van der Waals surface area contributed by atoms with Gasteiger partial charge in [-0.1, -0.05) is 6.42 Å². The van der Waals surface area contributed by atoms with E-state index in [1.807, 2.05) is 6.92 Å². The normalized spacial score (nSPS) is 24.1. The quantitative estimate of drug-likeness (QED) is 0.693. The average Bonchev–Trinajstić information content (AvgIpc) is 3.15. The zero-order valence-corrected chi connectivity index (χ0v) is 13.4. The van der Waals surface area contributed by atoms with E-state index in [1.54, 1.807) is 0 Å². The number of methoxy groups -OCH3 is 1. The van der Waals surface area contributed by atoms with E-state index in [9.17, 15) is 4.79 Å². The SMILES string of the molecule is COC(=O)C(C)(CC(C)N(C)CC1CCC1)NC1CC1. The second-order valence-electron chi connectivity index (χ2n) is 7.03. The van der Waals surface area contributed by atoms with Crippen LogP contribution in [-0.2, 0) is 9.53 Å². The molecule has 0 aromatic rings. The molecule has 2 aliphatic carbocycles. The van der Waals surface area contributed by atoms with E-state index < -0.39 is 5.54 Å². The molecule has 0 saturated heterocycles. The lowest BCUT2D eigenvalue weighted by Gasteiger charge is -2.37. The first-order chi connectivity index (χ1) is 9.44. The number of esters is 1. The highest BCUT2D eigenvalue weighted by molar-refractivity contribution is 5.80. The molecule has 0 heterocycles. The van der Waals surface area contributed by atoms with Gasteiger partial charge in [0.25, 0.3) is 0 Å². The highest BCUT2D eigenvalue weighted by Crippen LogP contribution is 2.29. The Morgan fingerprint density at radius 3 is 2.50 bits per heavy atom. The number of carbonyl (C=O) groups is 1. The number of carbonyl (C=O) groups excluding carboxylic acids is 1. The van der Waals surface area contributed by atoms with Crippen LogP contribution in [0.25, 0.3) is 0 Å². The van der Waals surface area contributed by atoms with Gasteiger partial charge < -0.3 is 9.64 Å². The van der Waals surface area contributed by atoms with E-state index in [2.05, 4.69) is 24.2 Å². The average molecular weight is 282 g/mol. The molecule has 116 valence electrons. The molecule has 2 unspecified atom stereocenters. The largest absolute Gasteiger partial charge is 0.468 e. The Labute approximate surface area is 123 Å². The Bertz CT molecular complexity index is 339. The van der Waals surface area contributed by atoms with Crippen LogP contribution in [0.4, 0.5) is 0 Å². The van der Waals surface area contributed by atoms with Crippen LogP contribution in [0.1, 0.15) is 52.4 Å². The molecule has 20 heavy (non-hydrogen) atoms. The van der Waals surface area contributed by atoms with Crippen LogP contribution >= 0.6 is 0 Å². The fourth-order valence-electron chi connectivity index (χ4n) is 3.11. The molecule has 2 fully saturated rings. The molecule has 4 nitrogen and oxygen atoms in total. The summed E-state index contributed by atoms with van der Waals surface area (Å²) in [5.74, 6) is 0.733. The summed E-state index contributed by atoms with van der Waals surface area (Å²) < 4.78 is 5.02. The Morgan fingerprint density at radius 1 is 1.40 bits per heavy atom. The minimum absolute atomic E-state index is 0.131. The predicted octanol–water partition coefficient (Wildman–Crippen LogP) is 2.18. The lowest BCUT2D eigenvalue weighted by atomic mass is 9.84. The van der Waals surface area contributed by atoms with Crippen LogP contribution in [-0.4, -0.2) is 49.2 Å². The van der Waals surface area contributed by atoms with E-state index in [1.165, 1.54) is 39.2 Å². The molecule has 2 aliphatic rings. The van der Waals surface area contributed by atoms with Crippen LogP contribution in [0.15, 0.2) is 0 Å². The topological polar surface area (TPSA) is 41.6 Å². The van der Waals surface area contributed by atoms with Gasteiger partial charge in [-0.15, -0.1) is 0 Å². The second-order valence-corrected chi connectivity index (χ2v) is 7.03. The van der Waals surface area contributed by atoms with Gasteiger partial charge in [0.1, 0.15) is 5.54 Å². The highest BCUT2D eigenvalue weighted by atomic mass is 16.5. The van der Waals surface area contributed by atoms with Crippen molar-refractivity contribution in [1.82, 2.24) is 10.2 Å². The molecule has 0 aliphatic heterocycles. The summed E-state index contributed by atoms with van der Waals surface area (Å²) in [5.41, 5.74) is -0.552. The fourth-order valence-corrected chi connectivity index (χ4v) is 3.11. The van der Waals surface area contributed by atoms with Gasteiger partial charge >= 0.3 is 5.97 Å². The summed E-state index contributed by atoms with van der Waals surface area (Å²) in [6, 6.07) is 0.884. The molecular weight excluding hydrogens is 252 g/mol. The third-order valence-corrected chi connectivity index (χ3v) is 4.96. The summed E-state index contributed by atoms with van der Waals surface area (Å²) in [4.78, 5) is 14.5. The monoisotopic (exact) mass is 282 g/mol. The molecule has 0 spiro atoms. The number of nitrogens with one attached hydrogen (secondary N) is 1. The van der Waals surface area contributed by atoms with Gasteiger partial charge in [-0.05, 0) is 58.9 Å². The maximum Gasteiger partial charge on any atom is 0.325 e. The third-order valence-electron chi connectivity index (χ3n) is 4.96. The van der Waals surface area contributed by atoms with E-state index >= 15 is 0 Å². The maximum atomic E-state index is 12.1. The molecule has 2 atom stereocenters. The minimum Gasteiger partial charge on any atom is -0.468 e. The molecule has 0 radical (unpaired) electrons. The number of rotatable bonds is 8. The first kappa shape index (κ1) is 15.8. The lowest BCUT2D eigenvalue weighted by molar-refractivity contribution is -0.149. The highest BCUT2D eigenvalue weighted by Gasteiger charge is 2.41. The van der Waals surface area contributed by atoms with Crippen molar-refractivity contribution in [3.05, 3.63) is 0 Å². The lowest BCUT2D eigenvalue weighted by Crippen LogP contribution is -2.54. The summed E-state index contributed by atoms with van der Waals surface area (Å²) in [6.45, 7) is 5.36. The van der Waals surface area contributed by atoms with E-state index in [-0.39, 0.29) is 5.97 Å². The summed E-state index contributed by atoms with van der Waals surface area (Å²) >= 11 is 0. The van der Waals surface area contributed by atoms with Crippen LogP contribution in [0, 0.1) is 5.92 Å². The fraction of sp³-hybridized carbons (Fsp3) is 0.938. The van der Waals surface area contributed by atoms with Crippen LogP contribution < -0.4 is 5.32 Å². The van der Waals surface area contributed by atoms with Crippen LogP contribution in [0.2, 0.25) is 0 Å². The van der Waals surface area contributed by atoms with E-state index in [4.69, 9.17) is 4.74 Å². The van der Waals surface area contributed by atoms with Crippen molar-refractivity contribution >= 4 is 5.97 Å². The van der Waals surface area contributed by atoms with Gasteiger partial charge in [0, 0.05) is 18.6 Å². The molecular formula is C16H30N2O2. The Morgan fingerprint density at radius 2 is 2.05 bits per heavy atom. The molecule has 0 aromatic carbocycles. The van der Waals surface area contributed by atoms with Gasteiger partial charge in [-0.25, -0.2) is 0 Å². The van der Waals surface area contributed by atoms with Gasteiger partial charge in [0.15, 0.2) is 0 Å².